The predicted octanol–water partition coefficient (Wildman–Crippen LogP) is 1.52. The summed E-state index contributed by atoms with van der Waals surface area (Å²) in [6.07, 6.45) is 6.65. The number of hydrogen-bond donors (Lipinski definition) is 2. The highest BCUT2D eigenvalue weighted by Crippen LogP contribution is 2.39. The maximum atomic E-state index is 4.33. The molecule has 2 fully saturated rings. The molecule has 0 aromatic carbocycles. The van der Waals surface area contributed by atoms with Gasteiger partial charge in [0, 0.05) is 23.7 Å². The molecule has 1 saturated carbocycles. The molecule has 2 heterocycles. The number of hydrogen-bond acceptors (Lipinski definition) is 4. The van der Waals surface area contributed by atoms with Gasteiger partial charge in [-0.2, -0.15) is 0 Å². The molecule has 2 aliphatic rings. The zero-order valence-corrected chi connectivity index (χ0v) is 9.45. The molecule has 3 rings (SSSR count). The topological polar surface area (TPSA) is 49.8 Å². The Hall–Kier alpha value is -1.16. The number of aromatic nitrogens is 2. The van der Waals surface area contributed by atoms with Crippen molar-refractivity contribution in [2.45, 2.75) is 37.6 Å². The van der Waals surface area contributed by atoms with Gasteiger partial charge in [-0.15, -0.1) is 0 Å². The van der Waals surface area contributed by atoms with Crippen LogP contribution in [0.25, 0.3) is 0 Å². The van der Waals surface area contributed by atoms with Crippen LogP contribution >= 0.6 is 0 Å². The molecular weight excluding hydrogens is 200 g/mol. The molecule has 16 heavy (non-hydrogen) atoms. The van der Waals surface area contributed by atoms with Crippen LogP contribution in [0.4, 0.5) is 5.82 Å². The minimum Gasteiger partial charge on any atom is -0.367 e. The average molecular weight is 218 g/mol. The highest BCUT2D eigenvalue weighted by molar-refractivity contribution is 5.38. The second kappa shape index (κ2) is 4.37. The van der Waals surface area contributed by atoms with Gasteiger partial charge in [-0.3, -0.25) is 0 Å². The smallest absolute Gasteiger partial charge is 0.129 e. The van der Waals surface area contributed by atoms with E-state index in [0.717, 1.165) is 18.9 Å². The van der Waals surface area contributed by atoms with Crippen molar-refractivity contribution in [2.24, 2.45) is 0 Å². The fourth-order valence-electron chi connectivity index (χ4n) is 2.23. The molecule has 0 bridgehead atoms. The maximum Gasteiger partial charge on any atom is 0.129 e. The zero-order chi connectivity index (χ0) is 10.8. The van der Waals surface area contributed by atoms with E-state index in [0.29, 0.717) is 12.0 Å². The first kappa shape index (κ1) is 10.0. The second-order valence-electron chi connectivity index (χ2n) is 4.77. The van der Waals surface area contributed by atoms with Gasteiger partial charge in [0.25, 0.3) is 0 Å². The number of nitrogens with one attached hydrogen (secondary N) is 2. The van der Waals surface area contributed by atoms with Crippen molar-refractivity contribution < 1.29 is 0 Å². The zero-order valence-electron chi connectivity index (χ0n) is 9.45. The first-order chi connectivity index (χ1) is 7.92. The van der Waals surface area contributed by atoms with E-state index in [1.807, 2.05) is 0 Å². The van der Waals surface area contributed by atoms with Gasteiger partial charge in [0.2, 0.25) is 0 Å². The monoisotopic (exact) mass is 218 g/mol. The van der Waals surface area contributed by atoms with Crippen molar-refractivity contribution in [3.63, 3.8) is 0 Å². The molecule has 0 atom stereocenters. The van der Waals surface area contributed by atoms with Crippen molar-refractivity contribution in [3.05, 3.63) is 18.1 Å². The van der Waals surface area contributed by atoms with E-state index in [-0.39, 0.29) is 0 Å². The number of anilines is 1. The molecule has 1 saturated heterocycles. The largest absolute Gasteiger partial charge is 0.367 e. The minimum absolute atomic E-state index is 0.572. The van der Waals surface area contributed by atoms with Gasteiger partial charge in [0.1, 0.15) is 12.1 Å². The van der Waals surface area contributed by atoms with Crippen LogP contribution in [0.3, 0.4) is 0 Å². The van der Waals surface area contributed by atoms with Crippen LogP contribution in [0.2, 0.25) is 0 Å². The Labute approximate surface area is 95.9 Å². The lowest BCUT2D eigenvalue weighted by molar-refractivity contribution is 0.478. The lowest BCUT2D eigenvalue weighted by Crippen LogP contribution is -2.35. The van der Waals surface area contributed by atoms with Crippen LogP contribution in [-0.4, -0.2) is 29.1 Å². The van der Waals surface area contributed by atoms with Crippen molar-refractivity contribution in [3.8, 4) is 0 Å². The lowest BCUT2D eigenvalue weighted by Gasteiger charge is -2.24. The molecule has 0 amide bonds. The molecule has 1 aliphatic heterocycles. The molecule has 0 spiro atoms. The molecule has 1 aromatic heterocycles. The van der Waals surface area contributed by atoms with E-state index in [2.05, 4.69) is 26.7 Å². The Morgan fingerprint density at radius 3 is 2.69 bits per heavy atom. The molecule has 86 valence electrons. The third kappa shape index (κ3) is 2.32. The maximum absolute atomic E-state index is 4.33. The summed E-state index contributed by atoms with van der Waals surface area (Å²) in [4.78, 5) is 8.63. The van der Waals surface area contributed by atoms with Gasteiger partial charge < -0.3 is 10.6 Å². The molecule has 1 aliphatic carbocycles. The summed E-state index contributed by atoms with van der Waals surface area (Å²) in [5.41, 5.74) is 1.21. The predicted molar refractivity (Wildman–Crippen MR) is 63.5 cm³/mol. The standard InChI is InChI=1S/C12H18N4/c1-2-9(1)11-7-12(15-8-14-11)16-10-3-5-13-6-4-10/h7-10,13H,1-6H2,(H,14,15,16). The number of nitrogens with zero attached hydrogens (tertiary/aromatic N) is 2. The van der Waals surface area contributed by atoms with Gasteiger partial charge in [-0.05, 0) is 38.8 Å². The van der Waals surface area contributed by atoms with Crippen LogP contribution < -0.4 is 10.6 Å². The highest BCUT2D eigenvalue weighted by atomic mass is 15.1. The quantitative estimate of drug-likeness (QED) is 0.807. The average Bonchev–Trinajstić information content (AvgIpc) is 3.15. The summed E-state index contributed by atoms with van der Waals surface area (Å²) in [7, 11) is 0. The second-order valence-corrected chi connectivity index (χ2v) is 4.77. The van der Waals surface area contributed by atoms with E-state index in [4.69, 9.17) is 0 Å². The third-order valence-corrected chi connectivity index (χ3v) is 3.38. The SMILES string of the molecule is c1nc(NC2CCNCC2)cc(C2CC2)n1. The fraction of sp³-hybridized carbons (Fsp3) is 0.667. The van der Waals surface area contributed by atoms with E-state index >= 15 is 0 Å². The molecule has 1 aromatic rings. The number of rotatable bonds is 3. The summed E-state index contributed by atoms with van der Waals surface area (Å²) in [6.45, 7) is 2.22. The summed E-state index contributed by atoms with van der Waals surface area (Å²) in [6, 6.07) is 2.70. The van der Waals surface area contributed by atoms with Crippen molar-refractivity contribution in [1.29, 1.82) is 0 Å². The fourth-order valence-corrected chi connectivity index (χ4v) is 2.23. The Bertz CT molecular complexity index is 356. The molecule has 0 radical (unpaired) electrons. The van der Waals surface area contributed by atoms with Gasteiger partial charge in [0.15, 0.2) is 0 Å². The van der Waals surface area contributed by atoms with Crippen LogP contribution in [0.1, 0.15) is 37.3 Å². The Morgan fingerprint density at radius 1 is 1.12 bits per heavy atom. The molecule has 0 unspecified atom stereocenters. The van der Waals surface area contributed by atoms with E-state index in [9.17, 15) is 0 Å². The van der Waals surface area contributed by atoms with Gasteiger partial charge in [-0.25, -0.2) is 9.97 Å². The molecular formula is C12H18N4. The highest BCUT2D eigenvalue weighted by Gasteiger charge is 2.25. The van der Waals surface area contributed by atoms with Crippen LogP contribution in [0.15, 0.2) is 12.4 Å². The van der Waals surface area contributed by atoms with Crippen LogP contribution in [0.5, 0.6) is 0 Å². The van der Waals surface area contributed by atoms with E-state index in [1.165, 1.54) is 31.4 Å². The van der Waals surface area contributed by atoms with E-state index in [1.54, 1.807) is 6.33 Å². The van der Waals surface area contributed by atoms with Gasteiger partial charge >= 0.3 is 0 Å². The molecule has 4 nitrogen and oxygen atoms in total. The summed E-state index contributed by atoms with van der Waals surface area (Å²) in [5.74, 6) is 1.71. The van der Waals surface area contributed by atoms with Crippen LogP contribution in [0, 0.1) is 0 Å². The molecule has 2 N–H and O–H groups in total. The summed E-state index contributed by atoms with van der Waals surface area (Å²) in [5, 5.41) is 6.88. The number of piperidine rings is 1. The van der Waals surface area contributed by atoms with E-state index < -0.39 is 0 Å². The summed E-state index contributed by atoms with van der Waals surface area (Å²) >= 11 is 0. The Kier molecular flexibility index (Phi) is 2.74. The van der Waals surface area contributed by atoms with Crippen molar-refractivity contribution in [2.75, 3.05) is 18.4 Å². The first-order valence-corrected chi connectivity index (χ1v) is 6.21. The van der Waals surface area contributed by atoms with Gasteiger partial charge in [0.05, 0.1) is 0 Å². The lowest BCUT2D eigenvalue weighted by atomic mass is 10.1. The summed E-state index contributed by atoms with van der Waals surface area (Å²) < 4.78 is 0. The van der Waals surface area contributed by atoms with Gasteiger partial charge in [-0.1, -0.05) is 0 Å². The molecule has 4 heteroatoms. The normalized spacial score (nSPS) is 22.0. The van der Waals surface area contributed by atoms with Crippen molar-refractivity contribution >= 4 is 5.82 Å². The van der Waals surface area contributed by atoms with Crippen molar-refractivity contribution in [1.82, 2.24) is 15.3 Å². The minimum atomic E-state index is 0.572. The Morgan fingerprint density at radius 2 is 1.94 bits per heavy atom. The first-order valence-electron chi connectivity index (χ1n) is 6.21. The van der Waals surface area contributed by atoms with Crippen LogP contribution in [-0.2, 0) is 0 Å². The third-order valence-electron chi connectivity index (χ3n) is 3.38. The Balaban J connectivity index is 1.66.